The molecule has 0 bridgehead atoms. The van der Waals surface area contributed by atoms with Crippen LogP contribution in [0.5, 0.6) is 0 Å². The van der Waals surface area contributed by atoms with Crippen molar-refractivity contribution in [1.29, 1.82) is 0 Å². The summed E-state index contributed by atoms with van der Waals surface area (Å²) in [6.45, 7) is 5.92. The predicted molar refractivity (Wildman–Crippen MR) is 62.6 cm³/mol. The van der Waals surface area contributed by atoms with Gasteiger partial charge in [0.1, 0.15) is 13.1 Å². The van der Waals surface area contributed by atoms with Gasteiger partial charge in [-0.3, -0.25) is 0 Å². The highest BCUT2D eigenvalue weighted by atomic mass is 16.5. The molecule has 2 N–H and O–H groups in total. The van der Waals surface area contributed by atoms with Gasteiger partial charge in [0.15, 0.2) is 6.54 Å². The van der Waals surface area contributed by atoms with E-state index in [9.17, 15) is 4.79 Å². The lowest BCUT2D eigenvalue weighted by Crippen LogP contribution is -2.54. The van der Waals surface area contributed by atoms with Crippen molar-refractivity contribution in [2.75, 3.05) is 46.0 Å². The topological polar surface area (TPSA) is 66.8 Å². The third-order valence-corrected chi connectivity index (χ3v) is 2.59. The minimum Gasteiger partial charge on any atom is -0.462 e. The monoisotopic (exact) mass is 235 g/mol. The van der Waals surface area contributed by atoms with E-state index in [0.717, 1.165) is 0 Å². The first-order valence-electron chi connectivity index (χ1n) is 5.36. The highest BCUT2D eigenvalue weighted by Gasteiger charge is 2.28. The van der Waals surface area contributed by atoms with Crippen molar-refractivity contribution in [1.82, 2.24) is 0 Å². The summed E-state index contributed by atoms with van der Waals surface area (Å²) in [5.41, 5.74) is 0. The van der Waals surface area contributed by atoms with Crippen molar-refractivity contribution >= 4 is 5.97 Å². The first-order chi connectivity index (χ1) is 7.14. The fourth-order valence-corrected chi connectivity index (χ4v) is 1.60. The molecule has 16 heavy (non-hydrogen) atoms. The maximum absolute atomic E-state index is 11.4. The molecule has 0 saturated heterocycles. The Kier molecular flexibility index (Phi) is 10.6. The van der Waals surface area contributed by atoms with Gasteiger partial charge in [0.2, 0.25) is 0 Å². The molecule has 0 amide bonds. The second-order valence-corrected chi connectivity index (χ2v) is 3.52. The van der Waals surface area contributed by atoms with Crippen molar-refractivity contribution in [2.45, 2.75) is 13.8 Å². The standard InChI is InChI=1S/C10H22NO4.CH3/c1-3-11(5-7-12,6-8-13)9-10(14)15-4-2;/h12-13H,3-9H2,1-2H3;1H3/q+1;-1. The van der Waals surface area contributed by atoms with Gasteiger partial charge in [-0.05, 0) is 13.8 Å². The SMILES string of the molecule is CCOC(=O)C[N+](CC)(CCO)CCO.[CH3-]. The van der Waals surface area contributed by atoms with Crippen LogP contribution >= 0.6 is 0 Å². The first-order valence-corrected chi connectivity index (χ1v) is 5.36. The number of carbonyl (C=O) groups excluding carboxylic acids is 1. The van der Waals surface area contributed by atoms with E-state index in [-0.39, 0.29) is 33.2 Å². The molecule has 0 aromatic heterocycles. The number of carbonyl (C=O) groups is 1. The normalized spacial score (nSPS) is 10.8. The molecule has 0 atom stereocenters. The molecule has 0 unspecified atom stereocenters. The zero-order valence-electron chi connectivity index (χ0n) is 10.6. The third kappa shape index (κ3) is 6.05. The number of likely N-dealkylation sites (N-methyl/N-ethyl adjacent to an activating group) is 1. The first kappa shape index (κ1) is 17.7. The van der Waals surface area contributed by atoms with Crippen LogP contribution in [0.4, 0.5) is 0 Å². The minimum absolute atomic E-state index is 0. The van der Waals surface area contributed by atoms with Crippen molar-refractivity contribution in [3.63, 3.8) is 0 Å². The van der Waals surface area contributed by atoms with Crippen molar-refractivity contribution in [2.24, 2.45) is 0 Å². The summed E-state index contributed by atoms with van der Waals surface area (Å²) in [7, 11) is 0. The number of quaternary nitrogens is 1. The number of aliphatic hydroxyl groups is 2. The lowest BCUT2D eigenvalue weighted by atomic mass is 10.3. The number of hydrogen-bond donors (Lipinski definition) is 2. The average molecular weight is 235 g/mol. The summed E-state index contributed by atoms with van der Waals surface area (Å²) in [6.07, 6.45) is 0. The number of rotatable bonds is 8. The molecule has 0 spiro atoms. The van der Waals surface area contributed by atoms with E-state index in [1.807, 2.05) is 6.92 Å². The Bertz CT molecular complexity index is 179. The van der Waals surface area contributed by atoms with E-state index in [1.54, 1.807) is 6.92 Å². The van der Waals surface area contributed by atoms with Crippen molar-refractivity contribution in [3.05, 3.63) is 7.43 Å². The maximum Gasteiger partial charge on any atom is 0.361 e. The van der Waals surface area contributed by atoms with E-state index >= 15 is 0 Å². The Morgan fingerprint density at radius 3 is 2.00 bits per heavy atom. The molecule has 0 radical (unpaired) electrons. The fourth-order valence-electron chi connectivity index (χ4n) is 1.60. The van der Waals surface area contributed by atoms with E-state index in [1.165, 1.54) is 0 Å². The molecule has 98 valence electrons. The van der Waals surface area contributed by atoms with Crippen molar-refractivity contribution in [3.8, 4) is 0 Å². The van der Waals surface area contributed by atoms with Crippen molar-refractivity contribution < 1.29 is 24.2 Å². The average Bonchev–Trinajstić information content (AvgIpc) is 2.18. The molecule has 0 aliphatic heterocycles. The summed E-state index contributed by atoms with van der Waals surface area (Å²) in [4.78, 5) is 11.4. The summed E-state index contributed by atoms with van der Waals surface area (Å²) in [5.74, 6) is -0.277. The van der Waals surface area contributed by atoms with Gasteiger partial charge >= 0.3 is 5.97 Å². The Labute approximate surface area is 98.2 Å². The number of aliphatic hydroxyl groups excluding tert-OH is 2. The van der Waals surface area contributed by atoms with Crippen LogP contribution in [0.1, 0.15) is 13.8 Å². The number of hydrogen-bond acceptors (Lipinski definition) is 4. The van der Waals surface area contributed by atoms with Crippen LogP contribution in [-0.2, 0) is 9.53 Å². The summed E-state index contributed by atoms with van der Waals surface area (Å²) in [6, 6.07) is 0. The van der Waals surface area contributed by atoms with E-state index in [2.05, 4.69) is 0 Å². The molecule has 5 nitrogen and oxygen atoms in total. The maximum atomic E-state index is 11.4. The van der Waals surface area contributed by atoms with Crippen LogP contribution < -0.4 is 0 Å². The lowest BCUT2D eigenvalue weighted by Gasteiger charge is -2.35. The minimum atomic E-state index is -0.277. The quantitative estimate of drug-likeness (QED) is 0.348. The number of nitrogens with zero attached hydrogens (tertiary/aromatic N) is 1. The van der Waals surface area contributed by atoms with Crippen LogP contribution in [-0.4, -0.2) is 66.7 Å². The Morgan fingerprint density at radius 2 is 1.69 bits per heavy atom. The van der Waals surface area contributed by atoms with E-state index < -0.39 is 0 Å². The van der Waals surface area contributed by atoms with Gasteiger partial charge < -0.3 is 26.9 Å². The molecule has 0 saturated carbocycles. The number of esters is 1. The van der Waals surface area contributed by atoms with Crippen LogP contribution in [0.15, 0.2) is 0 Å². The second kappa shape index (κ2) is 9.57. The Hall–Kier alpha value is -0.650. The van der Waals surface area contributed by atoms with Crippen LogP contribution in [0, 0.1) is 7.43 Å². The van der Waals surface area contributed by atoms with Gasteiger partial charge in [-0.2, -0.15) is 0 Å². The van der Waals surface area contributed by atoms with Gasteiger partial charge in [-0.1, -0.05) is 0 Å². The molecular weight excluding hydrogens is 210 g/mol. The predicted octanol–water partition coefficient (Wildman–Crippen LogP) is -0.179. The Balaban J connectivity index is 0. The van der Waals surface area contributed by atoms with Gasteiger partial charge in [-0.25, -0.2) is 4.79 Å². The molecule has 0 aliphatic carbocycles. The second-order valence-electron chi connectivity index (χ2n) is 3.52. The molecule has 0 aromatic rings. The zero-order valence-corrected chi connectivity index (χ0v) is 10.6. The van der Waals surface area contributed by atoms with E-state index in [4.69, 9.17) is 14.9 Å². The summed E-state index contributed by atoms with van der Waals surface area (Å²) < 4.78 is 5.25. The van der Waals surface area contributed by atoms with Gasteiger partial charge in [0.25, 0.3) is 0 Å². The van der Waals surface area contributed by atoms with Crippen LogP contribution in [0.25, 0.3) is 0 Å². The van der Waals surface area contributed by atoms with Gasteiger partial charge in [0.05, 0.1) is 26.4 Å². The third-order valence-electron chi connectivity index (χ3n) is 2.59. The number of ether oxygens (including phenoxy) is 1. The highest BCUT2D eigenvalue weighted by Crippen LogP contribution is 2.06. The molecule has 0 fully saturated rings. The fraction of sp³-hybridized carbons (Fsp3) is 0.818. The molecule has 0 rings (SSSR count). The largest absolute Gasteiger partial charge is 0.462 e. The Morgan fingerprint density at radius 1 is 1.19 bits per heavy atom. The molecule has 0 aliphatic rings. The van der Waals surface area contributed by atoms with Crippen LogP contribution in [0.3, 0.4) is 0 Å². The lowest BCUT2D eigenvalue weighted by molar-refractivity contribution is -0.920. The van der Waals surface area contributed by atoms with Crippen LogP contribution in [0.2, 0.25) is 0 Å². The highest BCUT2D eigenvalue weighted by molar-refractivity contribution is 5.70. The molecule has 5 heteroatoms. The van der Waals surface area contributed by atoms with Gasteiger partial charge in [-0.15, -0.1) is 0 Å². The molecule has 0 aromatic carbocycles. The molecular formula is C11H25NO4. The summed E-state index contributed by atoms with van der Waals surface area (Å²) in [5, 5.41) is 17.9. The van der Waals surface area contributed by atoms with Gasteiger partial charge in [0, 0.05) is 0 Å². The zero-order chi connectivity index (χ0) is 11.7. The molecule has 0 heterocycles. The van der Waals surface area contributed by atoms with E-state index in [0.29, 0.717) is 30.7 Å². The smallest absolute Gasteiger partial charge is 0.361 e. The summed E-state index contributed by atoms with van der Waals surface area (Å²) >= 11 is 0.